The van der Waals surface area contributed by atoms with Crippen molar-refractivity contribution in [2.75, 3.05) is 0 Å². The van der Waals surface area contributed by atoms with Gasteiger partial charge in [0.15, 0.2) is 0 Å². The second-order valence-electron chi connectivity index (χ2n) is 4.91. The average molecular weight is 274 g/mol. The van der Waals surface area contributed by atoms with Crippen LogP contribution in [0.15, 0.2) is 24.3 Å². The first-order valence-electron chi connectivity index (χ1n) is 6.75. The lowest BCUT2D eigenvalue weighted by Crippen LogP contribution is -2.14. The Bertz CT molecular complexity index is 381. The molecule has 1 nitrogen and oxygen atoms in total. The fourth-order valence-electron chi connectivity index (χ4n) is 2.37. The highest BCUT2D eigenvalue weighted by Gasteiger charge is 2.31. The van der Waals surface area contributed by atoms with Gasteiger partial charge in [-0.05, 0) is 36.5 Å². The van der Waals surface area contributed by atoms with Crippen molar-refractivity contribution in [3.8, 4) is 0 Å². The molecule has 0 aliphatic rings. The smallest absolute Gasteiger partial charge is 0.388 e. The van der Waals surface area contributed by atoms with Gasteiger partial charge in [-0.15, -0.1) is 0 Å². The quantitative estimate of drug-likeness (QED) is 0.777. The van der Waals surface area contributed by atoms with E-state index in [0.717, 1.165) is 37.8 Å². The van der Waals surface area contributed by atoms with Crippen LogP contribution in [0.3, 0.4) is 0 Å². The molecular weight excluding hydrogens is 253 g/mol. The van der Waals surface area contributed by atoms with Gasteiger partial charge in [-0.1, -0.05) is 38.8 Å². The number of alkyl halides is 3. The van der Waals surface area contributed by atoms with Crippen molar-refractivity contribution >= 4 is 0 Å². The highest BCUT2D eigenvalue weighted by molar-refractivity contribution is 5.27. The Balaban J connectivity index is 2.94. The van der Waals surface area contributed by atoms with Crippen LogP contribution < -0.4 is 0 Å². The number of aliphatic hydroxyl groups is 1. The summed E-state index contributed by atoms with van der Waals surface area (Å²) in [6.07, 6.45) is -1.69. The molecule has 1 rings (SSSR count). The Hall–Kier alpha value is -1.03. The Morgan fingerprint density at radius 2 is 1.68 bits per heavy atom. The van der Waals surface area contributed by atoms with Gasteiger partial charge in [0.1, 0.15) is 0 Å². The molecule has 0 spiro atoms. The SMILES string of the molecule is CCCC(CCC)C(O)c1cccc(C(F)(F)F)c1. The zero-order valence-electron chi connectivity index (χ0n) is 11.4. The summed E-state index contributed by atoms with van der Waals surface area (Å²) in [4.78, 5) is 0. The molecule has 4 heteroatoms. The van der Waals surface area contributed by atoms with Crippen molar-refractivity contribution in [3.05, 3.63) is 35.4 Å². The van der Waals surface area contributed by atoms with Crippen LogP contribution in [0.1, 0.15) is 56.8 Å². The topological polar surface area (TPSA) is 20.2 Å². The molecule has 0 saturated carbocycles. The van der Waals surface area contributed by atoms with Crippen LogP contribution in [0, 0.1) is 5.92 Å². The summed E-state index contributed by atoms with van der Waals surface area (Å²) in [5.74, 6) is 0.0264. The molecule has 0 aliphatic carbocycles. The molecular formula is C15H21F3O. The standard InChI is InChI=1S/C15H21F3O/c1-3-6-11(7-4-2)14(19)12-8-5-9-13(10-12)15(16,17)18/h5,8-11,14,19H,3-4,6-7H2,1-2H3. The maximum absolute atomic E-state index is 12.6. The van der Waals surface area contributed by atoms with Crippen LogP contribution in [-0.4, -0.2) is 5.11 Å². The van der Waals surface area contributed by atoms with Crippen LogP contribution in [0.25, 0.3) is 0 Å². The Labute approximate surface area is 112 Å². The summed E-state index contributed by atoms with van der Waals surface area (Å²) >= 11 is 0. The van der Waals surface area contributed by atoms with E-state index < -0.39 is 17.8 Å². The lowest BCUT2D eigenvalue weighted by Gasteiger charge is -2.23. The van der Waals surface area contributed by atoms with E-state index in [1.165, 1.54) is 6.07 Å². The van der Waals surface area contributed by atoms with Crippen LogP contribution in [0.2, 0.25) is 0 Å². The second-order valence-corrected chi connectivity index (χ2v) is 4.91. The minimum Gasteiger partial charge on any atom is -0.388 e. The monoisotopic (exact) mass is 274 g/mol. The number of benzene rings is 1. The lowest BCUT2D eigenvalue weighted by atomic mass is 9.88. The van der Waals surface area contributed by atoms with E-state index in [-0.39, 0.29) is 5.92 Å². The van der Waals surface area contributed by atoms with E-state index >= 15 is 0 Å². The zero-order chi connectivity index (χ0) is 14.5. The highest BCUT2D eigenvalue weighted by Crippen LogP contribution is 2.34. The fraction of sp³-hybridized carbons (Fsp3) is 0.600. The maximum atomic E-state index is 12.6. The first-order valence-corrected chi connectivity index (χ1v) is 6.75. The molecule has 1 aromatic rings. The molecule has 1 N–H and O–H groups in total. The first-order chi connectivity index (χ1) is 8.90. The van der Waals surface area contributed by atoms with Crippen molar-refractivity contribution in [3.63, 3.8) is 0 Å². The zero-order valence-corrected chi connectivity index (χ0v) is 11.4. The highest BCUT2D eigenvalue weighted by atomic mass is 19.4. The minimum atomic E-state index is -4.36. The van der Waals surface area contributed by atoms with E-state index in [4.69, 9.17) is 0 Å². The molecule has 0 radical (unpaired) electrons. The molecule has 0 heterocycles. The van der Waals surface area contributed by atoms with Gasteiger partial charge >= 0.3 is 6.18 Å². The second kappa shape index (κ2) is 6.94. The Morgan fingerprint density at radius 3 is 2.16 bits per heavy atom. The summed E-state index contributed by atoms with van der Waals surface area (Å²) < 4.78 is 37.9. The molecule has 0 bridgehead atoms. The summed E-state index contributed by atoms with van der Waals surface area (Å²) in [6.45, 7) is 4.03. The van der Waals surface area contributed by atoms with Gasteiger partial charge < -0.3 is 5.11 Å². The molecule has 108 valence electrons. The van der Waals surface area contributed by atoms with E-state index in [0.29, 0.717) is 5.56 Å². The molecule has 1 atom stereocenters. The molecule has 19 heavy (non-hydrogen) atoms. The van der Waals surface area contributed by atoms with E-state index in [2.05, 4.69) is 0 Å². The average Bonchev–Trinajstić information content (AvgIpc) is 2.37. The third-order valence-electron chi connectivity index (χ3n) is 3.32. The van der Waals surface area contributed by atoms with Gasteiger partial charge in [0.2, 0.25) is 0 Å². The van der Waals surface area contributed by atoms with Gasteiger partial charge in [0.05, 0.1) is 11.7 Å². The van der Waals surface area contributed by atoms with Crippen LogP contribution in [0.5, 0.6) is 0 Å². The van der Waals surface area contributed by atoms with Crippen molar-refractivity contribution in [1.82, 2.24) is 0 Å². The van der Waals surface area contributed by atoms with Gasteiger partial charge in [-0.2, -0.15) is 13.2 Å². The first kappa shape index (κ1) is 16.0. The normalized spacial score (nSPS) is 13.8. The van der Waals surface area contributed by atoms with Gasteiger partial charge in [0, 0.05) is 0 Å². The Kier molecular flexibility index (Phi) is 5.85. The molecule has 0 saturated heterocycles. The molecule has 0 amide bonds. The van der Waals surface area contributed by atoms with Crippen LogP contribution in [0.4, 0.5) is 13.2 Å². The maximum Gasteiger partial charge on any atom is 0.416 e. The van der Waals surface area contributed by atoms with Crippen molar-refractivity contribution < 1.29 is 18.3 Å². The van der Waals surface area contributed by atoms with Gasteiger partial charge in [0.25, 0.3) is 0 Å². The lowest BCUT2D eigenvalue weighted by molar-refractivity contribution is -0.137. The molecule has 0 aromatic heterocycles. The number of halogens is 3. The van der Waals surface area contributed by atoms with E-state index in [1.54, 1.807) is 6.07 Å². The Morgan fingerprint density at radius 1 is 1.11 bits per heavy atom. The van der Waals surface area contributed by atoms with Gasteiger partial charge in [-0.3, -0.25) is 0 Å². The molecule has 0 fully saturated rings. The molecule has 0 aliphatic heterocycles. The van der Waals surface area contributed by atoms with Gasteiger partial charge in [-0.25, -0.2) is 0 Å². The van der Waals surface area contributed by atoms with Crippen molar-refractivity contribution in [1.29, 1.82) is 0 Å². The van der Waals surface area contributed by atoms with Crippen LogP contribution in [-0.2, 0) is 6.18 Å². The van der Waals surface area contributed by atoms with E-state index in [1.807, 2.05) is 13.8 Å². The van der Waals surface area contributed by atoms with Crippen LogP contribution >= 0.6 is 0 Å². The van der Waals surface area contributed by atoms with Crippen molar-refractivity contribution in [2.24, 2.45) is 5.92 Å². The predicted molar refractivity (Wildman–Crippen MR) is 69.7 cm³/mol. The largest absolute Gasteiger partial charge is 0.416 e. The molecule has 1 aromatic carbocycles. The van der Waals surface area contributed by atoms with E-state index in [9.17, 15) is 18.3 Å². The number of hydrogen-bond acceptors (Lipinski definition) is 1. The third-order valence-corrected chi connectivity index (χ3v) is 3.32. The summed E-state index contributed by atoms with van der Waals surface area (Å²) in [6, 6.07) is 5.02. The molecule has 1 unspecified atom stereocenters. The fourth-order valence-corrected chi connectivity index (χ4v) is 2.37. The summed E-state index contributed by atoms with van der Waals surface area (Å²) in [5.41, 5.74) is -0.336. The number of rotatable bonds is 6. The number of hydrogen-bond donors (Lipinski definition) is 1. The summed E-state index contributed by atoms with van der Waals surface area (Å²) in [5, 5.41) is 10.3. The van der Waals surface area contributed by atoms with Crippen molar-refractivity contribution in [2.45, 2.75) is 51.8 Å². The predicted octanol–water partition coefficient (Wildman–Crippen LogP) is 4.96. The third kappa shape index (κ3) is 4.53. The minimum absolute atomic E-state index is 0.0264. The number of aliphatic hydroxyl groups excluding tert-OH is 1. The summed E-state index contributed by atoms with van der Waals surface area (Å²) in [7, 11) is 0.